The first-order valence-electron chi connectivity index (χ1n) is 5.18. The average molecular weight is 219 g/mol. The summed E-state index contributed by atoms with van der Waals surface area (Å²) in [5.74, 6) is -2.65. The Morgan fingerprint density at radius 2 is 2.07 bits per heavy atom. The van der Waals surface area contributed by atoms with Gasteiger partial charge in [0.05, 0.1) is 6.10 Å². The molecule has 0 atom stereocenters. The number of amides is 1. The summed E-state index contributed by atoms with van der Waals surface area (Å²) in [5, 5.41) is 0. The monoisotopic (exact) mass is 219 g/mol. The van der Waals surface area contributed by atoms with E-state index in [-0.39, 0.29) is 37.2 Å². The highest BCUT2D eigenvalue weighted by molar-refractivity contribution is 5.77. The summed E-state index contributed by atoms with van der Waals surface area (Å²) < 4.78 is 30.0. The molecule has 0 spiro atoms. The Balaban J connectivity index is 1.67. The number of halogens is 2. The second-order valence-electron chi connectivity index (χ2n) is 4.49. The number of carbonyl (C=O) groups is 1. The van der Waals surface area contributed by atoms with Crippen LogP contribution >= 0.6 is 0 Å². The highest BCUT2D eigenvalue weighted by Crippen LogP contribution is 2.44. The van der Waals surface area contributed by atoms with Crippen LogP contribution in [0.1, 0.15) is 19.3 Å². The predicted molar refractivity (Wildman–Crippen MR) is 49.7 cm³/mol. The third-order valence-corrected chi connectivity index (χ3v) is 3.17. The van der Waals surface area contributed by atoms with Crippen molar-refractivity contribution in [1.29, 1.82) is 0 Å². The lowest BCUT2D eigenvalue weighted by molar-refractivity contribution is -0.151. The lowest BCUT2D eigenvalue weighted by atomic mass is 9.79. The molecule has 2 rings (SSSR count). The Bertz CT molecular complexity index is 256. The standard InChI is InChI=1S/C10H15F2NO2/c1-15-8-5-13(6-8)9(14)2-7-3-10(11,12)4-7/h7-8H,2-6H2,1H3. The molecule has 1 saturated heterocycles. The van der Waals surface area contributed by atoms with Crippen LogP contribution in [0.25, 0.3) is 0 Å². The fourth-order valence-electron chi connectivity index (χ4n) is 2.10. The van der Waals surface area contributed by atoms with Crippen molar-refractivity contribution in [1.82, 2.24) is 4.90 Å². The number of hydrogen-bond donors (Lipinski definition) is 0. The number of rotatable bonds is 3. The molecule has 1 heterocycles. The molecule has 1 amide bonds. The van der Waals surface area contributed by atoms with Gasteiger partial charge >= 0.3 is 0 Å². The van der Waals surface area contributed by atoms with Crippen LogP contribution < -0.4 is 0 Å². The highest BCUT2D eigenvalue weighted by atomic mass is 19.3. The SMILES string of the molecule is COC1CN(C(=O)CC2CC(F)(F)C2)C1. The summed E-state index contributed by atoms with van der Waals surface area (Å²) in [6.45, 7) is 1.22. The summed E-state index contributed by atoms with van der Waals surface area (Å²) in [4.78, 5) is 13.2. The molecule has 0 unspecified atom stereocenters. The van der Waals surface area contributed by atoms with Crippen molar-refractivity contribution >= 4 is 5.91 Å². The summed E-state index contributed by atoms with van der Waals surface area (Å²) in [7, 11) is 1.61. The van der Waals surface area contributed by atoms with E-state index in [2.05, 4.69) is 0 Å². The zero-order valence-corrected chi connectivity index (χ0v) is 8.71. The van der Waals surface area contributed by atoms with E-state index >= 15 is 0 Å². The van der Waals surface area contributed by atoms with E-state index in [1.54, 1.807) is 12.0 Å². The van der Waals surface area contributed by atoms with E-state index in [0.717, 1.165) is 0 Å². The minimum Gasteiger partial charge on any atom is -0.378 e. The van der Waals surface area contributed by atoms with Gasteiger partial charge in [-0.1, -0.05) is 0 Å². The highest BCUT2D eigenvalue weighted by Gasteiger charge is 2.46. The van der Waals surface area contributed by atoms with Crippen LogP contribution in [0, 0.1) is 5.92 Å². The van der Waals surface area contributed by atoms with Crippen LogP contribution in [-0.2, 0) is 9.53 Å². The number of likely N-dealkylation sites (tertiary alicyclic amines) is 1. The predicted octanol–water partition coefficient (Wildman–Crippen LogP) is 1.28. The van der Waals surface area contributed by atoms with Gasteiger partial charge in [0, 0.05) is 39.5 Å². The van der Waals surface area contributed by atoms with Crippen molar-refractivity contribution in [3.63, 3.8) is 0 Å². The van der Waals surface area contributed by atoms with Crippen molar-refractivity contribution in [3.05, 3.63) is 0 Å². The van der Waals surface area contributed by atoms with E-state index in [4.69, 9.17) is 4.74 Å². The molecular formula is C10H15F2NO2. The fraction of sp³-hybridized carbons (Fsp3) is 0.900. The van der Waals surface area contributed by atoms with Crippen LogP contribution in [-0.4, -0.2) is 43.0 Å². The van der Waals surface area contributed by atoms with Crippen LogP contribution in [0.3, 0.4) is 0 Å². The topological polar surface area (TPSA) is 29.5 Å². The van der Waals surface area contributed by atoms with Gasteiger partial charge in [0.2, 0.25) is 11.8 Å². The van der Waals surface area contributed by atoms with Gasteiger partial charge in [-0.3, -0.25) is 4.79 Å². The van der Waals surface area contributed by atoms with Gasteiger partial charge in [-0.2, -0.15) is 0 Å². The van der Waals surface area contributed by atoms with Crippen molar-refractivity contribution < 1.29 is 18.3 Å². The molecule has 2 fully saturated rings. The first-order chi connectivity index (χ1) is 7.00. The third-order valence-electron chi connectivity index (χ3n) is 3.17. The largest absolute Gasteiger partial charge is 0.378 e. The minimum atomic E-state index is -2.52. The molecule has 0 aromatic carbocycles. The zero-order valence-electron chi connectivity index (χ0n) is 8.71. The van der Waals surface area contributed by atoms with Gasteiger partial charge in [-0.05, 0) is 5.92 Å². The molecule has 0 aromatic heterocycles. The quantitative estimate of drug-likeness (QED) is 0.715. The lowest BCUT2D eigenvalue weighted by Gasteiger charge is -2.41. The molecule has 86 valence electrons. The first kappa shape index (κ1) is 10.8. The normalized spacial score (nSPS) is 25.9. The molecule has 5 heteroatoms. The Morgan fingerprint density at radius 3 is 2.53 bits per heavy atom. The maximum Gasteiger partial charge on any atom is 0.248 e. The van der Waals surface area contributed by atoms with Gasteiger partial charge < -0.3 is 9.64 Å². The molecule has 2 aliphatic rings. The van der Waals surface area contributed by atoms with Crippen LogP contribution in [0.15, 0.2) is 0 Å². The smallest absolute Gasteiger partial charge is 0.248 e. The second kappa shape index (κ2) is 3.70. The molecule has 0 bridgehead atoms. The van der Waals surface area contributed by atoms with Crippen molar-refractivity contribution in [2.45, 2.75) is 31.3 Å². The first-order valence-corrected chi connectivity index (χ1v) is 5.18. The van der Waals surface area contributed by atoms with E-state index in [0.29, 0.717) is 13.1 Å². The van der Waals surface area contributed by atoms with E-state index in [1.165, 1.54) is 0 Å². The van der Waals surface area contributed by atoms with Gasteiger partial charge in [0.25, 0.3) is 0 Å². The van der Waals surface area contributed by atoms with Crippen LogP contribution in [0.5, 0.6) is 0 Å². The lowest BCUT2D eigenvalue weighted by Crippen LogP contribution is -2.55. The molecule has 1 aliphatic heterocycles. The minimum absolute atomic E-state index is 0.0104. The van der Waals surface area contributed by atoms with Gasteiger partial charge in [-0.15, -0.1) is 0 Å². The summed E-state index contributed by atoms with van der Waals surface area (Å²) >= 11 is 0. The maximum atomic E-state index is 12.5. The van der Waals surface area contributed by atoms with E-state index < -0.39 is 5.92 Å². The third kappa shape index (κ3) is 2.27. The molecule has 15 heavy (non-hydrogen) atoms. The zero-order chi connectivity index (χ0) is 11.1. The summed E-state index contributed by atoms with van der Waals surface area (Å²) in [6, 6.07) is 0. The van der Waals surface area contributed by atoms with Crippen LogP contribution in [0.4, 0.5) is 8.78 Å². The molecule has 1 aliphatic carbocycles. The van der Waals surface area contributed by atoms with Gasteiger partial charge in [-0.25, -0.2) is 8.78 Å². The summed E-state index contributed by atoms with van der Waals surface area (Å²) in [6.07, 6.45) is 0.156. The number of ether oxygens (including phenoxy) is 1. The van der Waals surface area contributed by atoms with Crippen molar-refractivity contribution in [2.75, 3.05) is 20.2 Å². The summed E-state index contributed by atoms with van der Waals surface area (Å²) in [5.41, 5.74) is 0. The number of alkyl halides is 2. The number of methoxy groups -OCH3 is 1. The Morgan fingerprint density at radius 1 is 1.47 bits per heavy atom. The second-order valence-corrected chi connectivity index (χ2v) is 4.49. The molecule has 0 N–H and O–H groups in total. The van der Waals surface area contributed by atoms with Gasteiger partial charge in [0.1, 0.15) is 0 Å². The molecule has 0 radical (unpaired) electrons. The van der Waals surface area contributed by atoms with E-state index in [1.807, 2.05) is 0 Å². The molecule has 1 saturated carbocycles. The number of carbonyl (C=O) groups excluding carboxylic acids is 1. The Kier molecular flexibility index (Phi) is 2.66. The van der Waals surface area contributed by atoms with Crippen LogP contribution in [0.2, 0.25) is 0 Å². The van der Waals surface area contributed by atoms with Crippen molar-refractivity contribution in [2.24, 2.45) is 5.92 Å². The Labute approximate surface area is 87.4 Å². The fourth-order valence-corrected chi connectivity index (χ4v) is 2.10. The molecule has 3 nitrogen and oxygen atoms in total. The number of hydrogen-bond acceptors (Lipinski definition) is 2. The maximum absolute atomic E-state index is 12.5. The Hall–Kier alpha value is -0.710. The van der Waals surface area contributed by atoms with Gasteiger partial charge in [0.15, 0.2) is 0 Å². The van der Waals surface area contributed by atoms with Crippen molar-refractivity contribution in [3.8, 4) is 0 Å². The molecular weight excluding hydrogens is 204 g/mol. The molecule has 0 aromatic rings. The number of nitrogens with zero attached hydrogens (tertiary/aromatic N) is 1. The van der Waals surface area contributed by atoms with E-state index in [9.17, 15) is 13.6 Å². The average Bonchev–Trinajstić information content (AvgIpc) is 1.98.